The first-order valence-corrected chi connectivity index (χ1v) is 11.9. The number of anilines is 2. The number of hydrogen-bond donors (Lipinski definition) is 0. The SMILES string of the molecule is O=S1(=O)c2cccc3cccc(c23)N1CCN1CCN(c2noc3ccccc23)CC1. The third kappa shape index (κ3) is 2.90. The molecule has 0 unspecified atom stereocenters. The highest BCUT2D eigenvalue weighted by Crippen LogP contribution is 2.41. The largest absolute Gasteiger partial charge is 0.354 e. The second-order valence-electron chi connectivity index (χ2n) is 8.04. The summed E-state index contributed by atoms with van der Waals surface area (Å²) in [6.45, 7) is 4.51. The Hall–Kier alpha value is -3.10. The molecule has 0 saturated carbocycles. The maximum Gasteiger partial charge on any atom is 0.265 e. The quantitative estimate of drug-likeness (QED) is 0.491. The van der Waals surface area contributed by atoms with Crippen LogP contribution in [0.15, 0.2) is 70.1 Å². The van der Waals surface area contributed by atoms with Crippen LogP contribution in [0.1, 0.15) is 0 Å². The maximum atomic E-state index is 13.2. The Morgan fingerprint density at radius 1 is 0.871 bits per heavy atom. The molecule has 1 saturated heterocycles. The van der Waals surface area contributed by atoms with E-state index in [0.29, 0.717) is 18.0 Å². The number of nitrogens with zero attached hydrogens (tertiary/aromatic N) is 4. The van der Waals surface area contributed by atoms with E-state index >= 15 is 0 Å². The number of hydrogen-bond acceptors (Lipinski definition) is 6. The first kappa shape index (κ1) is 18.7. The third-order valence-electron chi connectivity index (χ3n) is 6.33. The molecule has 158 valence electrons. The van der Waals surface area contributed by atoms with Gasteiger partial charge in [0.05, 0.1) is 16.0 Å². The van der Waals surface area contributed by atoms with Crippen LogP contribution in [0, 0.1) is 0 Å². The molecule has 0 bridgehead atoms. The summed E-state index contributed by atoms with van der Waals surface area (Å²) in [4.78, 5) is 4.98. The van der Waals surface area contributed by atoms with Gasteiger partial charge >= 0.3 is 0 Å². The van der Waals surface area contributed by atoms with Gasteiger partial charge in [0.1, 0.15) is 0 Å². The minimum absolute atomic E-state index is 0.420. The summed E-state index contributed by atoms with van der Waals surface area (Å²) in [6, 6.07) is 19.2. The van der Waals surface area contributed by atoms with E-state index in [4.69, 9.17) is 4.52 Å². The van der Waals surface area contributed by atoms with E-state index in [0.717, 1.165) is 59.4 Å². The van der Waals surface area contributed by atoms with Crippen LogP contribution in [0.4, 0.5) is 11.5 Å². The van der Waals surface area contributed by atoms with E-state index in [2.05, 4.69) is 15.0 Å². The lowest BCUT2D eigenvalue weighted by molar-refractivity contribution is 0.264. The summed E-state index contributed by atoms with van der Waals surface area (Å²) in [5.74, 6) is 0.888. The van der Waals surface area contributed by atoms with Crippen LogP contribution in [0.25, 0.3) is 21.7 Å². The lowest BCUT2D eigenvalue weighted by Gasteiger charge is -2.35. The molecule has 0 N–H and O–H groups in total. The second-order valence-corrected chi connectivity index (χ2v) is 9.87. The molecule has 2 aliphatic heterocycles. The number of sulfonamides is 1. The number of piperazine rings is 1. The van der Waals surface area contributed by atoms with Gasteiger partial charge in [-0.25, -0.2) is 8.42 Å². The van der Waals surface area contributed by atoms with Crippen LogP contribution in [0.2, 0.25) is 0 Å². The number of benzene rings is 3. The van der Waals surface area contributed by atoms with Crippen LogP contribution in [-0.2, 0) is 10.0 Å². The van der Waals surface area contributed by atoms with Gasteiger partial charge in [-0.05, 0) is 29.7 Å². The fourth-order valence-corrected chi connectivity index (χ4v) is 6.42. The molecule has 0 aliphatic carbocycles. The summed E-state index contributed by atoms with van der Waals surface area (Å²) >= 11 is 0. The van der Waals surface area contributed by atoms with E-state index in [1.54, 1.807) is 10.4 Å². The van der Waals surface area contributed by atoms with Crippen LogP contribution < -0.4 is 9.21 Å². The van der Waals surface area contributed by atoms with Crippen molar-refractivity contribution in [3.8, 4) is 0 Å². The van der Waals surface area contributed by atoms with Gasteiger partial charge in [0.15, 0.2) is 11.4 Å². The lowest BCUT2D eigenvalue weighted by Crippen LogP contribution is -2.49. The zero-order valence-corrected chi connectivity index (χ0v) is 17.8. The van der Waals surface area contributed by atoms with Crippen molar-refractivity contribution in [3.05, 3.63) is 60.7 Å². The van der Waals surface area contributed by atoms with Gasteiger partial charge in [0.25, 0.3) is 10.0 Å². The first-order chi connectivity index (χ1) is 15.1. The lowest BCUT2D eigenvalue weighted by atomic mass is 10.1. The van der Waals surface area contributed by atoms with Gasteiger partial charge in [-0.1, -0.05) is 41.6 Å². The summed E-state index contributed by atoms with van der Waals surface area (Å²) in [7, 11) is -3.50. The highest BCUT2D eigenvalue weighted by Gasteiger charge is 2.35. The zero-order valence-electron chi connectivity index (χ0n) is 16.9. The molecule has 6 rings (SSSR count). The summed E-state index contributed by atoms with van der Waals surface area (Å²) < 4.78 is 33.3. The average Bonchev–Trinajstić information content (AvgIpc) is 3.32. The Kier molecular flexibility index (Phi) is 4.19. The highest BCUT2D eigenvalue weighted by atomic mass is 32.2. The summed E-state index contributed by atoms with van der Waals surface area (Å²) in [5.41, 5.74) is 1.59. The van der Waals surface area contributed by atoms with E-state index in [1.165, 1.54) is 0 Å². The van der Waals surface area contributed by atoms with Crippen LogP contribution in [0.5, 0.6) is 0 Å². The predicted octanol–water partition coefficient (Wildman–Crippen LogP) is 3.31. The number of para-hydroxylation sites is 1. The van der Waals surface area contributed by atoms with Gasteiger partial charge in [-0.15, -0.1) is 0 Å². The van der Waals surface area contributed by atoms with Crippen molar-refractivity contribution < 1.29 is 12.9 Å². The average molecular weight is 435 g/mol. The summed E-state index contributed by atoms with van der Waals surface area (Å²) in [5, 5.41) is 7.10. The Balaban J connectivity index is 1.16. The van der Waals surface area contributed by atoms with Gasteiger partial charge in [-0.2, -0.15) is 0 Å². The molecule has 3 aromatic carbocycles. The molecule has 3 heterocycles. The van der Waals surface area contributed by atoms with Crippen molar-refractivity contribution in [2.45, 2.75) is 4.90 Å². The number of aromatic nitrogens is 1. The standard InChI is InChI=1S/C23H22N4O3S/c28-31(29)21-10-4-6-17-5-3-8-19(22(17)21)27(31)16-13-25-11-14-26(15-12-25)23-18-7-1-2-9-20(18)30-24-23/h1-10H,11-16H2. The number of fused-ring (bicyclic) bond motifs is 1. The monoisotopic (exact) mass is 434 g/mol. The molecule has 8 heteroatoms. The zero-order chi connectivity index (χ0) is 21.0. The Morgan fingerprint density at radius 2 is 1.65 bits per heavy atom. The normalized spacial score (nSPS) is 18.3. The maximum absolute atomic E-state index is 13.2. The number of rotatable bonds is 4. The Morgan fingerprint density at radius 3 is 2.48 bits per heavy atom. The fraction of sp³-hybridized carbons (Fsp3) is 0.261. The third-order valence-corrected chi connectivity index (χ3v) is 8.19. The Labute approximate surface area is 180 Å². The minimum atomic E-state index is -3.50. The van der Waals surface area contributed by atoms with Gasteiger partial charge in [-0.3, -0.25) is 9.21 Å². The molecule has 1 fully saturated rings. The molecule has 0 atom stereocenters. The molecule has 1 aromatic heterocycles. The van der Waals surface area contributed by atoms with Crippen molar-refractivity contribution in [1.82, 2.24) is 10.1 Å². The minimum Gasteiger partial charge on any atom is -0.354 e. The van der Waals surface area contributed by atoms with E-state index in [1.807, 2.05) is 54.6 Å². The molecule has 4 aromatic rings. The van der Waals surface area contributed by atoms with Crippen molar-refractivity contribution in [2.75, 3.05) is 48.5 Å². The van der Waals surface area contributed by atoms with Gasteiger partial charge < -0.3 is 9.42 Å². The second kappa shape index (κ2) is 6.96. The molecular formula is C23H22N4O3S. The van der Waals surface area contributed by atoms with Crippen LogP contribution in [0.3, 0.4) is 0 Å². The van der Waals surface area contributed by atoms with Crippen LogP contribution >= 0.6 is 0 Å². The highest BCUT2D eigenvalue weighted by molar-refractivity contribution is 7.93. The topological polar surface area (TPSA) is 69.9 Å². The molecule has 0 amide bonds. The predicted molar refractivity (Wildman–Crippen MR) is 121 cm³/mol. The molecule has 7 nitrogen and oxygen atoms in total. The van der Waals surface area contributed by atoms with Crippen molar-refractivity contribution in [3.63, 3.8) is 0 Å². The van der Waals surface area contributed by atoms with Gasteiger partial charge in [0, 0.05) is 44.7 Å². The van der Waals surface area contributed by atoms with Crippen LogP contribution in [-0.4, -0.2) is 57.7 Å². The summed E-state index contributed by atoms with van der Waals surface area (Å²) in [6.07, 6.45) is 0. The smallest absolute Gasteiger partial charge is 0.265 e. The molecule has 2 aliphatic rings. The molecule has 0 spiro atoms. The molecular weight excluding hydrogens is 412 g/mol. The molecule has 31 heavy (non-hydrogen) atoms. The molecule has 0 radical (unpaired) electrons. The van der Waals surface area contributed by atoms with E-state index in [9.17, 15) is 8.42 Å². The van der Waals surface area contributed by atoms with Gasteiger partial charge in [0.2, 0.25) is 0 Å². The van der Waals surface area contributed by atoms with Crippen molar-refractivity contribution >= 4 is 43.3 Å². The fourth-order valence-electron chi connectivity index (χ4n) is 4.72. The Bertz CT molecular complexity index is 1390. The van der Waals surface area contributed by atoms with E-state index in [-0.39, 0.29) is 0 Å². The van der Waals surface area contributed by atoms with Crippen molar-refractivity contribution in [1.29, 1.82) is 0 Å². The van der Waals surface area contributed by atoms with E-state index < -0.39 is 10.0 Å². The van der Waals surface area contributed by atoms with Crippen molar-refractivity contribution in [2.24, 2.45) is 0 Å². The first-order valence-electron chi connectivity index (χ1n) is 10.5.